The number of aryl methyl sites for hydroxylation is 1. The fraction of sp³-hybridized carbons (Fsp3) is 0.583. The molecule has 1 aromatic heterocycles. The number of hydrogen-bond donors (Lipinski definition) is 2. The van der Waals surface area contributed by atoms with Gasteiger partial charge in [0.15, 0.2) is 0 Å². The molecule has 3 N–H and O–H groups in total. The summed E-state index contributed by atoms with van der Waals surface area (Å²) in [4.78, 5) is 6.59. The molecule has 0 bridgehead atoms. The Morgan fingerprint density at radius 1 is 1.38 bits per heavy atom. The molecule has 1 rings (SSSR count). The maximum Gasteiger partial charge on any atom is 0.149 e. The third-order valence-electron chi connectivity index (χ3n) is 2.82. The van der Waals surface area contributed by atoms with Crippen LogP contribution in [0.1, 0.15) is 19.4 Å². The predicted molar refractivity (Wildman–Crippen MR) is 69.7 cm³/mol. The lowest BCUT2D eigenvalue weighted by Gasteiger charge is -2.18. The molecule has 0 radical (unpaired) electrons. The zero-order valence-electron chi connectivity index (χ0n) is 10.5. The summed E-state index contributed by atoms with van der Waals surface area (Å²) in [5.74, 6) is 0.798. The highest BCUT2D eigenvalue weighted by Crippen LogP contribution is 2.18. The molecule has 0 aromatic carbocycles. The van der Waals surface area contributed by atoms with E-state index in [2.05, 4.69) is 29.0 Å². The van der Waals surface area contributed by atoms with E-state index in [1.54, 1.807) is 6.20 Å². The molecule has 0 aliphatic rings. The van der Waals surface area contributed by atoms with Gasteiger partial charge in [0.1, 0.15) is 5.82 Å². The van der Waals surface area contributed by atoms with E-state index in [0.717, 1.165) is 43.2 Å². The van der Waals surface area contributed by atoms with Crippen LogP contribution in [0, 0.1) is 6.92 Å². The number of nitrogens with zero attached hydrogens (tertiary/aromatic N) is 2. The number of nitrogen functional groups attached to an aromatic ring is 1. The summed E-state index contributed by atoms with van der Waals surface area (Å²) in [7, 11) is 0. The van der Waals surface area contributed by atoms with Crippen LogP contribution in [0.5, 0.6) is 0 Å². The molecule has 0 fully saturated rings. The van der Waals surface area contributed by atoms with Gasteiger partial charge in [0.05, 0.1) is 5.69 Å². The number of anilines is 2. The van der Waals surface area contributed by atoms with Crippen molar-refractivity contribution in [1.82, 2.24) is 9.88 Å². The van der Waals surface area contributed by atoms with Crippen molar-refractivity contribution in [2.75, 3.05) is 37.2 Å². The van der Waals surface area contributed by atoms with Crippen LogP contribution in [0.25, 0.3) is 0 Å². The maximum atomic E-state index is 5.93. The molecule has 0 saturated heterocycles. The molecule has 0 saturated carbocycles. The third-order valence-corrected chi connectivity index (χ3v) is 2.82. The van der Waals surface area contributed by atoms with Gasteiger partial charge in [-0.2, -0.15) is 0 Å². The van der Waals surface area contributed by atoms with Crippen molar-refractivity contribution >= 4 is 11.5 Å². The lowest BCUT2D eigenvalue weighted by atomic mass is 10.2. The van der Waals surface area contributed by atoms with Crippen molar-refractivity contribution in [3.63, 3.8) is 0 Å². The fourth-order valence-electron chi connectivity index (χ4n) is 1.58. The molecule has 0 atom stereocenters. The van der Waals surface area contributed by atoms with Crippen LogP contribution in [0.3, 0.4) is 0 Å². The molecule has 0 unspecified atom stereocenters. The van der Waals surface area contributed by atoms with Gasteiger partial charge in [0.2, 0.25) is 0 Å². The van der Waals surface area contributed by atoms with E-state index in [-0.39, 0.29) is 0 Å². The Morgan fingerprint density at radius 3 is 2.69 bits per heavy atom. The minimum Gasteiger partial charge on any atom is -0.396 e. The van der Waals surface area contributed by atoms with Gasteiger partial charge in [-0.15, -0.1) is 0 Å². The molecule has 16 heavy (non-hydrogen) atoms. The van der Waals surface area contributed by atoms with Gasteiger partial charge < -0.3 is 16.0 Å². The molecule has 4 heteroatoms. The van der Waals surface area contributed by atoms with Crippen LogP contribution in [0.15, 0.2) is 12.3 Å². The summed E-state index contributed by atoms with van der Waals surface area (Å²) in [5.41, 5.74) is 7.75. The van der Waals surface area contributed by atoms with E-state index in [4.69, 9.17) is 5.73 Å². The summed E-state index contributed by atoms with van der Waals surface area (Å²) in [5, 5.41) is 3.28. The van der Waals surface area contributed by atoms with E-state index in [0.29, 0.717) is 0 Å². The molecular weight excluding hydrogens is 200 g/mol. The SMILES string of the molecule is CCN(CC)CCNc1nccc(C)c1N. The summed E-state index contributed by atoms with van der Waals surface area (Å²) < 4.78 is 0. The average molecular weight is 222 g/mol. The Kier molecular flexibility index (Phi) is 5.05. The van der Waals surface area contributed by atoms with Crippen molar-refractivity contribution in [3.05, 3.63) is 17.8 Å². The Hall–Kier alpha value is -1.29. The van der Waals surface area contributed by atoms with Crippen LogP contribution in [-0.4, -0.2) is 36.1 Å². The van der Waals surface area contributed by atoms with Gasteiger partial charge in [-0.3, -0.25) is 0 Å². The summed E-state index contributed by atoms with van der Waals surface area (Å²) in [6.45, 7) is 10.4. The minimum absolute atomic E-state index is 0.752. The Bertz CT molecular complexity index is 321. The van der Waals surface area contributed by atoms with Crippen LogP contribution in [0.2, 0.25) is 0 Å². The Morgan fingerprint density at radius 2 is 2.06 bits per heavy atom. The largest absolute Gasteiger partial charge is 0.396 e. The van der Waals surface area contributed by atoms with Crippen LogP contribution < -0.4 is 11.1 Å². The molecular formula is C12H22N4. The van der Waals surface area contributed by atoms with E-state index in [9.17, 15) is 0 Å². The molecule has 0 spiro atoms. The van der Waals surface area contributed by atoms with Gasteiger partial charge in [-0.1, -0.05) is 13.8 Å². The Balaban J connectivity index is 2.46. The normalized spacial score (nSPS) is 10.8. The van der Waals surface area contributed by atoms with Gasteiger partial charge in [0, 0.05) is 19.3 Å². The van der Waals surface area contributed by atoms with Crippen molar-refractivity contribution in [3.8, 4) is 0 Å². The highest BCUT2D eigenvalue weighted by atomic mass is 15.1. The minimum atomic E-state index is 0.752. The first-order chi connectivity index (χ1) is 7.69. The lowest BCUT2D eigenvalue weighted by Crippen LogP contribution is -2.28. The summed E-state index contributed by atoms with van der Waals surface area (Å²) in [6, 6.07) is 1.92. The second-order valence-electron chi connectivity index (χ2n) is 3.84. The molecule has 1 heterocycles. The van der Waals surface area contributed by atoms with Gasteiger partial charge in [0.25, 0.3) is 0 Å². The van der Waals surface area contributed by atoms with Crippen LogP contribution in [0.4, 0.5) is 11.5 Å². The number of hydrogen-bond acceptors (Lipinski definition) is 4. The number of rotatable bonds is 6. The second-order valence-corrected chi connectivity index (χ2v) is 3.84. The van der Waals surface area contributed by atoms with Gasteiger partial charge in [-0.05, 0) is 31.6 Å². The highest BCUT2D eigenvalue weighted by Gasteiger charge is 2.03. The number of likely N-dealkylation sites (N-methyl/N-ethyl adjacent to an activating group) is 1. The second kappa shape index (κ2) is 6.33. The highest BCUT2D eigenvalue weighted by molar-refractivity contribution is 5.64. The fourth-order valence-corrected chi connectivity index (χ4v) is 1.58. The van der Waals surface area contributed by atoms with Crippen molar-refractivity contribution in [1.29, 1.82) is 0 Å². The zero-order chi connectivity index (χ0) is 12.0. The molecule has 4 nitrogen and oxygen atoms in total. The number of pyridine rings is 1. The lowest BCUT2D eigenvalue weighted by molar-refractivity contribution is 0.316. The topological polar surface area (TPSA) is 54.2 Å². The third kappa shape index (κ3) is 3.38. The van der Waals surface area contributed by atoms with E-state index in [1.807, 2.05) is 13.0 Å². The van der Waals surface area contributed by atoms with Crippen LogP contribution >= 0.6 is 0 Å². The molecule has 1 aromatic rings. The quantitative estimate of drug-likeness (QED) is 0.769. The Labute approximate surface area is 97.9 Å². The molecule has 90 valence electrons. The van der Waals surface area contributed by atoms with Gasteiger partial charge in [-0.25, -0.2) is 4.98 Å². The monoisotopic (exact) mass is 222 g/mol. The van der Waals surface area contributed by atoms with Crippen LogP contribution in [-0.2, 0) is 0 Å². The molecule has 0 aliphatic carbocycles. The maximum absolute atomic E-state index is 5.93. The summed E-state index contributed by atoms with van der Waals surface area (Å²) >= 11 is 0. The zero-order valence-corrected chi connectivity index (χ0v) is 10.5. The van der Waals surface area contributed by atoms with E-state index >= 15 is 0 Å². The number of nitrogens with one attached hydrogen (secondary N) is 1. The van der Waals surface area contributed by atoms with Crippen molar-refractivity contribution in [2.45, 2.75) is 20.8 Å². The average Bonchev–Trinajstić information content (AvgIpc) is 2.30. The molecule has 0 aliphatic heterocycles. The number of nitrogens with two attached hydrogens (primary N) is 1. The number of aromatic nitrogens is 1. The van der Waals surface area contributed by atoms with Gasteiger partial charge >= 0.3 is 0 Å². The smallest absolute Gasteiger partial charge is 0.149 e. The van der Waals surface area contributed by atoms with E-state index in [1.165, 1.54) is 0 Å². The predicted octanol–water partition coefficient (Wildman–Crippen LogP) is 1.73. The van der Waals surface area contributed by atoms with E-state index < -0.39 is 0 Å². The standard InChI is InChI=1S/C12H22N4/c1-4-16(5-2)9-8-15-12-11(13)10(3)6-7-14-12/h6-7H,4-5,8-9,13H2,1-3H3,(H,14,15). The van der Waals surface area contributed by atoms with Crippen molar-refractivity contribution < 1.29 is 0 Å². The first kappa shape index (κ1) is 12.8. The van der Waals surface area contributed by atoms with Crippen molar-refractivity contribution in [2.24, 2.45) is 0 Å². The summed E-state index contributed by atoms with van der Waals surface area (Å²) in [6.07, 6.45) is 1.78. The molecule has 0 amide bonds. The first-order valence-electron chi connectivity index (χ1n) is 5.86. The first-order valence-corrected chi connectivity index (χ1v) is 5.86.